The molecule has 0 amide bonds. The van der Waals surface area contributed by atoms with Crippen molar-refractivity contribution in [1.29, 1.82) is 0 Å². The number of nitrogens with two attached hydrogens (primary N) is 1. The number of nitrogens with zero attached hydrogens (tertiary/aromatic N) is 2. The van der Waals surface area contributed by atoms with Crippen molar-refractivity contribution in [1.82, 2.24) is 9.97 Å². The van der Waals surface area contributed by atoms with Crippen LogP contribution in [0.2, 0.25) is 0 Å². The Kier molecular flexibility index (Phi) is 3.51. The van der Waals surface area contributed by atoms with Crippen LogP contribution in [0.1, 0.15) is 11.3 Å². The van der Waals surface area contributed by atoms with Crippen molar-refractivity contribution in [2.75, 3.05) is 5.73 Å². The Bertz CT molecular complexity index is 754. The lowest BCUT2D eigenvalue weighted by Crippen LogP contribution is -1.96. The minimum absolute atomic E-state index is 0.239. The molecule has 2 aromatic carbocycles. The Morgan fingerprint density at radius 2 is 1.81 bits per heavy atom. The van der Waals surface area contributed by atoms with Crippen molar-refractivity contribution in [3.63, 3.8) is 0 Å². The molecular formula is C17H15N3O. The number of phenolic OH excluding ortho intramolecular Hbond substituents is 1. The van der Waals surface area contributed by atoms with Crippen molar-refractivity contribution < 1.29 is 5.11 Å². The average Bonchev–Trinajstić information content (AvgIpc) is 2.48. The van der Waals surface area contributed by atoms with Crippen LogP contribution in [-0.2, 0) is 6.42 Å². The summed E-state index contributed by atoms with van der Waals surface area (Å²) in [6.45, 7) is 0. The summed E-state index contributed by atoms with van der Waals surface area (Å²) in [6, 6.07) is 14.7. The van der Waals surface area contributed by atoms with Crippen LogP contribution in [0.5, 0.6) is 5.75 Å². The standard InChI is InChI=1S/C17H15N3O/c18-14-3-1-2-12(8-14)9-15-10-19-11-17(20-15)13-4-6-16(21)7-5-13/h1-8,10-11,21H,9,18H2. The molecule has 104 valence electrons. The molecule has 0 atom stereocenters. The number of nitrogen functional groups attached to an aromatic ring is 1. The largest absolute Gasteiger partial charge is 0.508 e. The minimum atomic E-state index is 0.239. The van der Waals surface area contributed by atoms with Gasteiger partial charge in [0.2, 0.25) is 0 Å². The topological polar surface area (TPSA) is 72.0 Å². The van der Waals surface area contributed by atoms with Gasteiger partial charge in [-0.05, 0) is 42.0 Å². The summed E-state index contributed by atoms with van der Waals surface area (Å²) in [4.78, 5) is 8.86. The SMILES string of the molecule is Nc1cccc(Cc2cncc(-c3ccc(O)cc3)n2)c1. The molecule has 1 aromatic heterocycles. The molecule has 3 N–H and O–H groups in total. The highest BCUT2D eigenvalue weighted by Crippen LogP contribution is 2.20. The van der Waals surface area contributed by atoms with Gasteiger partial charge >= 0.3 is 0 Å². The fourth-order valence-corrected chi connectivity index (χ4v) is 2.18. The first kappa shape index (κ1) is 13.1. The molecule has 4 heteroatoms. The number of hydrogen-bond acceptors (Lipinski definition) is 4. The monoisotopic (exact) mass is 277 g/mol. The van der Waals surface area contributed by atoms with Crippen LogP contribution in [0.25, 0.3) is 11.3 Å². The summed E-state index contributed by atoms with van der Waals surface area (Å²) < 4.78 is 0. The maximum atomic E-state index is 9.33. The lowest BCUT2D eigenvalue weighted by Gasteiger charge is -2.05. The van der Waals surface area contributed by atoms with E-state index in [-0.39, 0.29) is 5.75 Å². The van der Waals surface area contributed by atoms with Crippen molar-refractivity contribution in [3.05, 3.63) is 72.2 Å². The molecule has 0 aliphatic carbocycles. The number of aromatic nitrogens is 2. The second-order valence-corrected chi connectivity index (χ2v) is 4.86. The third kappa shape index (κ3) is 3.17. The van der Waals surface area contributed by atoms with Gasteiger partial charge in [-0.2, -0.15) is 0 Å². The summed E-state index contributed by atoms with van der Waals surface area (Å²) in [6.07, 6.45) is 4.16. The number of phenols is 1. The highest BCUT2D eigenvalue weighted by atomic mass is 16.3. The van der Waals surface area contributed by atoms with E-state index in [1.165, 1.54) is 0 Å². The first-order chi connectivity index (χ1) is 10.2. The van der Waals surface area contributed by atoms with Gasteiger partial charge in [-0.3, -0.25) is 4.98 Å². The molecular weight excluding hydrogens is 262 g/mol. The predicted molar refractivity (Wildman–Crippen MR) is 82.8 cm³/mol. The molecule has 0 unspecified atom stereocenters. The number of aromatic hydroxyl groups is 1. The van der Waals surface area contributed by atoms with Crippen LogP contribution in [0.3, 0.4) is 0 Å². The molecule has 0 bridgehead atoms. The smallest absolute Gasteiger partial charge is 0.115 e. The highest BCUT2D eigenvalue weighted by molar-refractivity contribution is 5.59. The quantitative estimate of drug-likeness (QED) is 0.722. The first-order valence-electron chi connectivity index (χ1n) is 6.65. The van der Waals surface area contributed by atoms with E-state index in [2.05, 4.69) is 9.97 Å². The van der Waals surface area contributed by atoms with Crippen LogP contribution in [-0.4, -0.2) is 15.1 Å². The van der Waals surface area contributed by atoms with E-state index < -0.39 is 0 Å². The maximum Gasteiger partial charge on any atom is 0.115 e. The second kappa shape index (κ2) is 5.63. The van der Waals surface area contributed by atoms with Gasteiger partial charge in [0.25, 0.3) is 0 Å². The summed E-state index contributed by atoms with van der Waals surface area (Å²) in [7, 11) is 0. The van der Waals surface area contributed by atoms with Gasteiger partial charge < -0.3 is 10.8 Å². The molecule has 0 spiro atoms. The van der Waals surface area contributed by atoms with Crippen molar-refractivity contribution in [3.8, 4) is 17.0 Å². The second-order valence-electron chi connectivity index (χ2n) is 4.86. The van der Waals surface area contributed by atoms with E-state index >= 15 is 0 Å². The molecule has 0 fully saturated rings. The van der Waals surface area contributed by atoms with Crippen LogP contribution in [0, 0.1) is 0 Å². The first-order valence-corrected chi connectivity index (χ1v) is 6.65. The van der Waals surface area contributed by atoms with Gasteiger partial charge in [0, 0.05) is 23.9 Å². The molecule has 0 radical (unpaired) electrons. The number of anilines is 1. The van der Waals surface area contributed by atoms with Gasteiger partial charge in [-0.25, -0.2) is 4.98 Å². The Labute approximate surface area is 122 Å². The van der Waals surface area contributed by atoms with E-state index in [1.54, 1.807) is 24.5 Å². The van der Waals surface area contributed by atoms with Crippen LogP contribution in [0.15, 0.2) is 60.9 Å². The predicted octanol–water partition coefficient (Wildman–Crippen LogP) is 3.02. The van der Waals surface area contributed by atoms with E-state index in [4.69, 9.17) is 5.73 Å². The van der Waals surface area contributed by atoms with Crippen LogP contribution >= 0.6 is 0 Å². The summed E-state index contributed by atoms with van der Waals surface area (Å²) >= 11 is 0. The van der Waals surface area contributed by atoms with E-state index in [1.807, 2.05) is 36.4 Å². The molecule has 4 nitrogen and oxygen atoms in total. The third-order valence-corrected chi connectivity index (χ3v) is 3.18. The zero-order valence-corrected chi connectivity index (χ0v) is 11.4. The molecule has 21 heavy (non-hydrogen) atoms. The van der Waals surface area contributed by atoms with E-state index in [0.29, 0.717) is 6.42 Å². The number of benzene rings is 2. The van der Waals surface area contributed by atoms with Crippen LogP contribution < -0.4 is 5.73 Å². The zero-order valence-electron chi connectivity index (χ0n) is 11.4. The Balaban J connectivity index is 1.88. The minimum Gasteiger partial charge on any atom is -0.508 e. The van der Waals surface area contributed by atoms with Crippen LogP contribution in [0.4, 0.5) is 5.69 Å². The van der Waals surface area contributed by atoms with Gasteiger partial charge in [0.05, 0.1) is 17.6 Å². The Hall–Kier alpha value is -2.88. The van der Waals surface area contributed by atoms with Crippen molar-refractivity contribution in [2.45, 2.75) is 6.42 Å². The van der Waals surface area contributed by atoms with Gasteiger partial charge in [0.15, 0.2) is 0 Å². The molecule has 0 saturated heterocycles. The van der Waals surface area contributed by atoms with Crippen molar-refractivity contribution in [2.24, 2.45) is 0 Å². The van der Waals surface area contributed by atoms with Gasteiger partial charge in [0.1, 0.15) is 5.75 Å². The summed E-state index contributed by atoms with van der Waals surface area (Å²) in [5.41, 5.74) is 10.2. The van der Waals surface area contributed by atoms with Gasteiger partial charge in [-0.15, -0.1) is 0 Å². The molecule has 1 heterocycles. The average molecular weight is 277 g/mol. The third-order valence-electron chi connectivity index (χ3n) is 3.18. The van der Waals surface area contributed by atoms with Crippen molar-refractivity contribution >= 4 is 5.69 Å². The van der Waals surface area contributed by atoms with Gasteiger partial charge in [-0.1, -0.05) is 12.1 Å². The molecule has 0 aliphatic rings. The molecule has 0 aliphatic heterocycles. The summed E-state index contributed by atoms with van der Waals surface area (Å²) in [5.74, 6) is 0.239. The fourth-order valence-electron chi connectivity index (χ4n) is 2.18. The maximum absolute atomic E-state index is 9.33. The zero-order chi connectivity index (χ0) is 14.7. The fraction of sp³-hybridized carbons (Fsp3) is 0.0588. The van der Waals surface area contributed by atoms with E-state index in [9.17, 15) is 5.11 Å². The number of hydrogen-bond donors (Lipinski definition) is 2. The lowest BCUT2D eigenvalue weighted by atomic mass is 10.1. The number of rotatable bonds is 3. The Morgan fingerprint density at radius 3 is 2.57 bits per heavy atom. The summed E-state index contributed by atoms with van der Waals surface area (Å²) in [5, 5.41) is 9.33. The normalized spacial score (nSPS) is 10.5. The highest BCUT2D eigenvalue weighted by Gasteiger charge is 2.04. The molecule has 3 aromatic rings. The molecule has 0 saturated carbocycles. The lowest BCUT2D eigenvalue weighted by molar-refractivity contribution is 0.475. The Morgan fingerprint density at radius 1 is 1.00 bits per heavy atom. The molecule has 3 rings (SSSR count). The van der Waals surface area contributed by atoms with E-state index in [0.717, 1.165) is 28.2 Å².